The van der Waals surface area contributed by atoms with Crippen LogP contribution in [0.5, 0.6) is 0 Å². The fraction of sp³-hybridized carbons (Fsp3) is 0.0213. The Morgan fingerprint density at radius 1 is 0.412 bits per heavy atom. The van der Waals surface area contributed by atoms with Crippen molar-refractivity contribution in [1.82, 2.24) is 19.1 Å². The molecule has 0 spiro atoms. The van der Waals surface area contributed by atoms with E-state index < -0.39 is 0 Å². The van der Waals surface area contributed by atoms with Gasteiger partial charge in [0.1, 0.15) is 5.82 Å². The molecule has 0 bridgehead atoms. The summed E-state index contributed by atoms with van der Waals surface area (Å²) in [5, 5.41) is 4.92. The minimum absolute atomic E-state index is 0.741. The lowest BCUT2D eigenvalue weighted by atomic mass is 10.0. The van der Waals surface area contributed by atoms with Crippen LogP contribution in [0.25, 0.3) is 88.9 Å². The molecule has 4 heteroatoms. The van der Waals surface area contributed by atoms with E-state index in [9.17, 15) is 0 Å². The Morgan fingerprint density at radius 3 is 1.84 bits per heavy atom. The van der Waals surface area contributed by atoms with E-state index in [1.807, 2.05) is 6.07 Å². The van der Waals surface area contributed by atoms with Crippen molar-refractivity contribution in [1.29, 1.82) is 0 Å². The van der Waals surface area contributed by atoms with Crippen LogP contribution in [0.15, 0.2) is 170 Å². The van der Waals surface area contributed by atoms with Crippen molar-refractivity contribution < 1.29 is 0 Å². The summed E-state index contributed by atoms with van der Waals surface area (Å²) in [7, 11) is 0. The SMILES string of the molecule is c1ccc(-c2nc3c(c(-n4c5ccccc5c5cc(-c6ccc7c8ccccc8n(-c8ccccc8)c7c6)ccc54)n2)Cc2ccccc2-3)cc1. The smallest absolute Gasteiger partial charge is 0.162 e. The summed E-state index contributed by atoms with van der Waals surface area (Å²) in [4.78, 5) is 10.6. The first-order valence-electron chi connectivity index (χ1n) is 17.5. The van der Waals surface area contributed by atoms with E-state index >= 15 is 0 Å². The van der Waals surface area contributed by atoms with Crippen molar-refractivity contribution in [2.45, 2.75) is 6.42 Å². The van der Waals surface area contributed by atoms with Gasteiger partial charge in [0.15, 0.2) is 5.82 Å². The van der Waals surface area contributed by atoms with E-state index in [1.165, 1.54) is 60.4 Å². The Kier molecular flexibility index (Phi) is 5.98. The fourth-order valence-corrected chi connectivity index (χ4v) is 8.24. The number of hydrogen-bond acceptors (Lipinski definition) is 2. The summed E-state index contributed by atoms with van der Waals surface area (Å²) < 4.78 is 4.75. The van der Waals surface area contributed by atoms with Gasteiger partial charge in [-0.25, -0.2) is 9.97 Å². The number of para-hydroxylation sites is 3. The highest BCUT2D eigenvalue weighted by Crippen LogP contribution is 2.43. The van der Waals surface area contributed by atoms with Gasteiger partial charge in [-0.1, -0.05) is 127 Å². The molecule has 4 nitrogen and oxygen atoms in total. The maximum atomic E-state index is 5.36. The van der Waals surface area contributed by atoms with Gasteiger partial charge in [-0.3, -0.25) is 4.57 Å². The minimum Gasteiger partial charge on any atom is -0.309 e. The zero-order chi connectivity index (χ0) is 33.5. The summed E-state index contributed by atoms with van der Waals surface area (Å²) in [6.07, 6.45) is 0.803. The van der Waals surface area contributed by atoms with Gasteiger partial charge in [0.25, 0.3) is 0 Å². The Hall–Kier alpha value is -6.78. The average Bonchev–Trinajstić information content (AvgIpc) is 3.85. The van der Waals surface area contributed by atoms with Crippen LogP contribution in [0, 0.1) is 0 Å². The number of rotatable bonds is 4. The Labute approximate surface area is 294 Å². The molecule has 0 fully saturated rings. The molecule has 7 aromatic carbocycles. The van der Waals surface area contributed by atoms with E-state index in [0.29, 0.717) is 0 Å². The highest BCUT2D eigenvalue weighted by atomic mass is 15.1. The van der Waals surface area contributed by atoms with E-state index in [2.05, 4.69) is 173 Å². The topological polar surface area (TPSA) is 35.6 Å². The lowest BCUT2D eigenvalue weighted by Crippen LogP contribution is -2.06. The van der Waals surface area contributed by atoms with Gasteiger partial charge >= 0.3 is 0 Å². The molecular formula is C47H30N4. The highest BCUT2D eigenvalue weighted by molar-refractivity contribution is 6.12. The predicted molar refractivity (Wildman–Crippen MR) is 210 cm³/mol. The van der Waals surface area contributed by atoms with Crippen molar-refractivity contribution in [2.75, 3.05) is 0 Å². The lowest BCUT2D eigenvalue weighted by Gasteiger charge is -2.14. The summed E-state index contributed by atoms with van der Waals surface area (Å²) in [5.74, 6) is 1.69. The maximum Gasteiger partial charge on any atom is 0.162 e. The van der Waals surface area contributed by atoms with Crippen molar-refractivity contribution in [3.8, 4) is 45.3 Å². The average molecular weight is 651 g/mol. The van der Waals surface area contributed by atoms with Gasteiger partial charge < -0.3 is 4.57 Å². The number of fused-ring (bicyclic) bond motifs is 9. The van der Waals surface area contributed by atoms with Crippen LogP contribution in [0.1, 0.15) is 11.1 Å². The van der Waals surface area contributed by atoms with Gasteiger partial charge in [0.2, 0.25) is 0 Å². The zero-order valence-electron chi connectivity index (χ0n) is 27.7. The first kappa shape index (κ1) is 28.1. The molecule has 0 unspecified atom stereocenters. The Morgan fingerprint density at radius 2 is 1.02 bits per heavy atom. The number of hydrogen-bond donors (Lipinski definition) is 0. The molecule has 238 valence electrons. The lowest BCUT2D eigenvalue weighted by molar-refractivity contribution is 1.01. The van der Waals surface area contributed by atoms with E-state index in [0.717, 1.165) is 46.0 Å². The van der Waals surface area contributed by atoms with Crippen LogP contribution in [0.3, 0.4) is 0 Å². The van der Waals surface area contributed by atoms with Crippen LogP contribution in [0.4, 0.5) is 0 Å². The van der Waals surface area contributed by atoms with Crippen LogP contribution in [0.2, 0.25) is 0 Å². The highest BCUT2D eigenvalue weighted by Gasteiger charge is 2.27. The molecule has 3 heterocycles. The molecule has 51 heavy (non-hydrogen) atoms. The van der Waals surface area contributed by atoms with Crippen molar-refractivity contribution in [3.63, 3.8) is 0 Å². The molecule has 3 aromatic heterocycles. The summed E-state index contributed by atoms with van der Waals surface area (Å²) >= 11 is 0. The molecule has 0 atom stereocenters. The molecule has 0 saturated carbocycles. The maximum absolute atomic E-state index is 5.36. The molecule has 0 aliphatic heterocycles. The van der Waals surface area contributed by atoms with E-state index in [1.54, 1.807) is 0 Å². The molecule has 0 N–H and O–H groups in total. The molecule has 0 amide bonds. The molecule has 10 aromatic rings. The van der Waals surface area contributed by atoms with Gasteiger partial charge in [0, 0.05) is 50.3 Å². The van der Waals surface area contributed by atoms with Crippen LogP contribution in [-0.4, -0.2) is 19.1 Å². The second kappa shape index (κ2) is 10.9. The van der Waals surface area contributed by atoms with Crippen LogP contribution < -0.4 is 0 Å². The predicted octanol–water partition coefficient (Wildman–Crippen LogP) is 11.6. The van der Waals surface area contributed by atoms with Crippen LogP contribution >= 0.6 is 0 Å². The van der Waals surface area contributed by atoms with E-state index in [-0.39, 0.29) is 0 Å². The third-order valence-corrected chi connectivity index (χ3v) is 10.6. The first-order chi connectivity index (χ1) is 25.3. The third kappa shape index (κ3) is 4.20. The largest absolute Gasteiger partial charge is 0.309 e. The molecular weight excluding hydrogens is 621 g/mol. The third-order valence-electron chi connectivity index (χ3n) is 10.6. The zero-order valence-corrected chi connectivity index (χ0v) is 27.7. The molecule has 0 saturated heterocycles. The Balaban J connectivity index is 1.14. The standard InChI is InChI=1S/C47H30N4/c1-3-13-30(14-4-1)46-48-45-35-18-8-7-15-33(35)28-40(45)47(49-46)51-42-22-12-10-20-37(42)39-27-31(24-26-43(39)51)32-23-25-38-36-19-9-11-21-41(36)50(44(38)29-32)34-16-5-2-6-17-34/h1-27,29H,28H2. The fourth-order valence-electron chi connectivity index (χ4n) is 8.24. The Bertz CT molecular complexity index is 2990. The summed E-state index contributed by atoms with van der Waals surface area (Å²) in [6.45, 7) is 0. The number of aromatic nitrogens is 4. The quantitative estimate of drug-likeness (QED) is 0.190. The second-order valence-electron chi connectivity index (χ2n) is 13.4. The number of benzene rings is 7. The molecule has 0 radical (unpaired) electrons. The second-order valence-corrected chi connectivity index (χ2v) is 13.4. The van der Waals surface area contributed by atoms with Gasteiger partial charge in [-0.05, 0) is 59.2 Å². The molecule has 1 aliphatic rings. The van der Waals surface area contributed by atoms with Crippen molar-refractivity contribution in [2.24, 2.45) is 0 Å². The van der Waals surface area contributed by atoms with Crippen molar-refractivity contribution in [3.05, 3.63) is 181 Å². The van der Waals surface area contributed by atoms with Crippen molar-refractivity contribution >= 4 is 43.6 Å². The van der Waals surface area contributed by atoms with Gasteiger partial charge in [-0.2, -0.15) is 0 Å². The number of nitrogens with zero attached hydrogens (tertiary/aromatic N) is 4. The summed E-state index contributed by atoms with van der Waals surface area (Å²) in [6, 6.07) is 60.9. The normalized spacial score (nSPS) is 12.2. The molecule has 11 rings (SSSR count). The first-order valence-corrected chi connectivity index (χ1v) is 17.5. The monoisotopic (exact) mass is 650 g/mol. The van der Waals surface area contributed by atoms with Gasteiger partial charge in [-0.15, -0.1) is 0 Å². The van der Waals surface area contributed by atoms with E-state index in [4.69, 9.17) is 9.97 Å². The van der Waals surface area contributed by atoms with Gasteiger partial charge in [0.05, 0.1) is 27.8 Å². The van der Waals surface area contributed by atoms with Crippen LogP contribution in [-0.2, 0) is 6.42 Å². The molecule has 1 aliphatic carbocycles. The summed E-state index contributed by atoms with van der Waals surface area (Å²) in [5.41, 5.74) is 13.9. The minimum atomic E-state index is 0.741.